The third kappa shape index (κ3) is 3.86. The Balaban J connectivity index is 1.76. The number of hydrogen-bond acceptors (Lipinski definition) is 7. The van der Waals surface area contributed by atoms with E-state index in [-0.39, 0.29) is 36.9 Å². The summed E-state index contributed by atoms with van der Waals surface area (Å²) in [6.07, 6.45) is 0.895. The third-order valence-electron chi connectivity index (χ3n) is 11.8. The van der Waals surface area contributed by atoms with Gasteiger partial charge in [-0.2, -0.15) is 0 Å². The van der Waals surface area contributed by atoms with Crippen molar-refractivity contribution in [3.63, 3.8) is 0 Å². The average Bonchev–Trinajstić information content (AvgIpc) is 2.96. The van der Waals surface area contributed by atoms with Crippen LogP contribution >= 0.6 is 0 Å². The number of allylic oxidation sites excluding steroid dienone is 1. The van der Waals surface area contributed by atoms with E-state index in [1.54, 1.807) is 13.8 Å². The molecule has 1 unspecified atom stereocenters. The van der Waals surface area contributed by atoms with Crippen LogP contribution in [0, 0.1) is 39.4 Å². The highest BCUT2D eigenvalue weighted by atomic mass is 16.3. The molecule has 37 heavy (non-hydrogen) atoms. The SMILES string of the molecule is CC(C)(O)CCC(=O)C(C)(O)[C@H]1[C@H](O)C[C@@]2(C)[C@@H]3CC=C4[C@@H](C[C@H](O)[C@@H](O)C4(C)C)[C@]3(C)C(=O)C[C@]12C. The van der Waals surface area contributed by atoms with Crippen molar-refractivity contribution < 1.29 is 35.1 Å². The molecule has 4 rings (SSSR count). The number of Topliss-reactive ketones (excluding diaryl/α,β-unsaturated/α-hetero) is 2. The lowest BCUT2D eigenvalue weighted by Gasteiger charge is -2.65. The number of fused-ring (bicyclic) bond motifs is 5. The van der Waals surface area contributed by atoms with E-state index in [2.05, 4.69) is 13.0 Å². The Kier molecular flexibility index (Phi) is 6.59. The average molecular weight is 521 g/mol. The second-order valence-corrected chi connectivity index (χ2v) is 14.8. The minimum Gasteiger partial charge on any atom is -0.393 e. The van der Waals surface area contributed by atoms with Crippen LogP contribution in [0.3, 0.4) is 0 Å². The summed E-state index contributed by atoms with van der Waals surface area (Å²) in [5.74, 6) is -1.60. The van der Waals surface area contributed by atoms with Gasteiger partial charge < -0.3 is 25.5 Å². The summed E-state index contributed by atoms with van der Waals surface area (Å²) in [5.41, 5.74) is -4.71. The third-order valence-corrected chi connectivity index (χ3v) is 11.8. The lowest BCUT2D eigenvalue weighted by Crippen LogP contribution is -2.65. The first-order valence-electron chi connectivity index (χ1n) is 13.9. The van der Waals surface area contributed by atoms with E-state index < -0.39 is 62.9 Å². The maximum Gasteiger partial charge on any atom is 0.164 e. The zero-order chi connectivity index (χ0) is 28.1. The van der Waals surface area contributed by atoms with Gasteiger partial charge in [0, 0.05) is 29.6 Å². The normalized spacial score (nSPS) is 46.8. The summed E-state index contributed by atoms with van der Waals surface area (Å²) < 4.78 is 0. The highest BCUT2D eigenvalue weighted by Gasteiger charge is 2.74. The molecule has 3 fully saturated rings. The van der Waals surface area contributed by atoms with Crippen molar-refractivity contribution >= 4 is 11.6 Å². The monoisotopic (exact) mass is 520 g/mol. The fourth-order valence-electron chi connectivity index (χ4n) is 9.40. The molecule has 3 saturated carbocycles. The molecule has 0 aliphatic heterocycles. The Bertz CT molecular complexity index is 1010. The summed E-state index contributed by atoms with van der Waals surface area (Å²) in [5, 5.41) is 54.8. The minimum atomic E-state index is -1.85. The van der Waals surface area contributed by atoms with Crippen molar-refractivity contribution in [1.82, 2.24) is 0 Å². The van der Waals surface area contributed by atoms with Crippen LogP contribution in [0.1, 0.15) is 93.9 Å². The molecule has 210 valence electrons. The van der Waals surface area contributed by atoms with Gasteiger partial charge >= 0.3 is 0 Å². The number of aliphatic hydroxyl groups is 5. The van der Waals surface area contributed by atoms with Crippen molar-refractivity contribution in [3.05, 3.63) is 11.6 Å². The molecule has 0 heterocycles. The van der Waals surface area contributed by atoms with Crippen molar-refractivity contribution in [1.29, 1.82) is 0 Å². The molecular formula is C30H48O7. The highest BCUT2D eigenvalue weighted by molar-refractivity contribution is 5.90. The molecule has 0 spiro atoms. The number of carbonyl (C=O) groups excluding carboxylic acids is 2. The molecule has 0 saturated heterocycles. The van der Waals surface area contributed by atoms with Gasteiger partial charge in [-0.15, -0.1) is 0 Å². The molecule has 10 atom stereocenters. The summed E-state index contributed by atoms with van der Waals surface area (Å²) in [7, 11) is 0. The fraction of sp³-hybridized carbons (Fsp3) is 0.867. The summed E-state index contributed by atoms with van der Waals surface area (Å²) in [6, 6.07) is 0. The van der Waals surface area contributed by atoms with Crippen molar-refractivity contribution in [2.24, 2.45) is 39.4 Å². The minimum absolute atomic E-state index is 0.0227. The number of rotatable bonds is 5. The molecular weight excluding hydrogens is 472 g/mol. The van der Waals surface area contributed by atoms with E-state index in [9.17, 15) is 35.1 Å². The molecule has 0 amide bonds. The van der Waals surface area contributed by atoms with Gasteiger partial charge in [-0.25, -0.2) is 0 Å². The molecule has 4 aliphatic carbocycles. The van der Waals surface area contributed by atoms with E-state index in [1.807, 2.05) is 27.7 Å². The molecule has 7 nitrogen and oxygen atoms in total. The van der Waals surface area contributed by atoms with Gasteiger partial charge in [-0.05, 0) is 69.1 Å². The van der Waals surface area contributed by atoms with Gasteiger partial charge in [-0.3, -0.25) is 9.59 Å². The van der Waals surface area contributed by atoms with Gasteiger partial charge in [0.05, 0.1) is 23.9 Å². The number of ketones is 2. The van der Waals surface area contributed by atoms with E-state index in [0.717, 1.165) is 5.57 Å². The summed E-state index contributed by atoms with van der Waals surface area (Å²) in [4.78, 5) is 27.5. The van der Waals surface area contributed by atoms with Crippen LogP contribution in [-0.2, 0) is 9.59 Å². The zero-order valence-corrected chi connectivity index (χ0v) is 23.8. The van der Waals surface area contributed by atoms with Crippen LogP contribution < -0.4 is 0 Å². The van der Waals surface area contributed by atoms with E-state index in [0.29, 0.717) is 19.3 Å². The maximum absolute atomic E-state index is 14.2. The Morgan fingerprint density at radius 1 is 1.00 bits per heavy atom. The van der Waals surface area contributed by atoms with E-state index in [1.165, 1.54) is 6.92 Å². The lowest BCUT2D eigenvalue weighted by molar-refractivity contribution is -0.188. The molecule has 4 aliphatic rings. The fourth-order valence-corrected chi connectivity index (χ4v) is 9.40. The van der Waals surface area contributed by atoms with E-state index in [4.69, 9.17) is 0 Å². The summed E-state index contributed by atoms with van der Waals surface area (Å²) in [6.45, 7) is 14.6. The molecule has 7 heteroatoms. The van der Waals surface area contributed by atoms with Crippen molar-refractivity contribution in [3.8, 4) is 0 Å². The first-order valence-corrected chi connectivity index (χ1v) is 13.9. The second-order valence-electron chi connectivity index (χ2n) is 14.8. The van der Waals surface area contributed by atoms with Gasteiger partial charge in [0.15, 0.2) is 5.78 Å². The Morgan fingerprint density at radius 3 is 2.16 bits per heavy atom. The molecule has 0 aromatic rings. The molecule has 0 radical (unpaired) electrons. The zero-order valence-electron chi connectivity index (χ0n) is 23.8. The van der Waals surface area contributed by atoms with E-state index >= 15 is 0 Å². The predicted molar refractivity (Wildman–Crippen MR) is 139 cm³/mol. The first-order chi connectivity index (χ1) is 16.7. The second kappa shape index (κ2) is 8.44. The standard InChI is InChI=1S/C30H48O7/c1-25(2,36)12-11-21(33)30(8,37)23-19(32)14-27(5)20-10-9-16-17(13-18(31)24(35)26(16,3)4)29(20,7)22(34)15-28(23,27)6/h9,17-20,23-24,31-32,35-37H,10-15H2,1-8H3/t17-,18+,19-,20+,23+,24-,27+,28-,29+,30?/m1/s1. The first kappa shape index (κ1) is 28.9. The largest absolute Gasteiger partial charge is 0.393 e. The van der Waals surface area contributed by atoms with Crippen LogP contribution in [0.4, 0.5) is 0 Å². The Morgan fingerprint density at radius 2 is 1.59 bits per heavy atom. The van der Waals surface area contributed by atoms with Crippen LogP contribution in [-0.4, -0.2) is 66.6 Å². The van der Waals surface area contributed by atoms with Gasteiger partial charge in [0.2, 0.25) is 0 Å². The smallest absolute Gasteiger partial charge is 0.164 e. The molecule has 0 bridgehead atoms. The van der Waals surface area contributed by atoms with Crippen molar-refractivity contribution in [2.75, 3.05) is 0 Å². The van der Waals surface area contributed by atoms with Crippen molar-refractivity contribution in [2.45, 2.75) is 123 Å². The maximum atomic E-state index is 14.2. The molecule has 5 N–H and O–H groups in total. The lowest BCUT2D eigenvalue weighted by atomic mass is 9.38. The Labute approximate surface area is 221 Å². The van der Waals surface area contributed by atoms with Gasteiger partial charge in [0.25, 0.3) is 0 Å². The Hall–Kier alpha value is -1.12. The number of aliphatic hydroxyl groups excluding tert-OH is 3. The molecule has 0 aromatic heterocycles. The number of carbonyl (C=O) groups is 2. The quantitative estimate of drug-likeness (QED) is 0.352. The number of hydrogen-bond donors (Lipinski definition) is 5. The van der Waals surface area contributed by atoms with Gasteiger partial charge in [-0.1, -0.05) is 46.3 Å². The van der Waals surface area contributed by atoms with Crippen LogP contribution in [0.5, 0.6) is 0 Å². The van der Waals surface area contributed by atoms with Gasteiger partial charge in [0.1, 0.15) is 11.4 Å². The highest BCUT2D eigenvalue weighted by Crippen LogP contribution is 2.74. The summed E-state index contributed by atoms with van der Waals surface area (Å²) >= 11 is 0. The van der Waals surface area contributed by atoms with Crippen LogP contribution in [0.2, 0.25) is 0 Å². The predicted octanol–water partition coefficient (Wildman–Crippen LogP) is 2.94. The van der Waals surface area contributed by atoms with Crippen LogP contribution in [0.25, 0.3) is 0 Å². The topological polar surface area (TPSA) is 135 Å². The van der Waals surface area contributed by atoms with Crippen LogP contribution in [0.15, 0.2) is 11.6 Å². The molecule has 0 aromatic carbocycles.